The lowest BCUT2D eigenvalue weighted by Gasteiger charge is -2.30. The number of carbonyl (C=O) groups is 1. The van der Waals surface area contributed by atoms with E-state index in [0.29, 0.717) is 23.1 Å². The molecule has 1 amide bonds. The summed E-state index contributed by atoms with van der Waals surface area (Å²) >= 11 is 0. The third-order valence-electron chi connectivity index (χ3n) is 5.34. The summed E-state index contributed by atoms with van der Waals surface area (Å²) in [5, 5.41) is 6.68. The topological polar surface area (TPSA) is 88.6 Å². The second-order valence-corrected chi connectivity index (χ2v) is 7.79. The van der Waals surface area contributed by atoms with E-state index in [1.807, 2.05) is 32.0 Å². The molecule has 2 aromatic rings. The molecular weight excluding hydrogens is 382 g/mol. The Kier molecular flexibility index (Phi) is 6.97. The molecule has 0 bridgehead atoms. The molecular formula is C22H31N5O3. The van der Waals surface area contributed by atoms with Crippen LogP contribution in [0.5, 0.6) is 11.5 Å². The van der Waals surface area contributed by atoms with Crippen LogP contribution in [0.1, 0.15) is 41.9 Å². The number of nitrogens with zero attached hydrogens (tertiary/aromatic N) is 3. The zero-order chi connectivity index (χ0) is 21.7. The molecule has 8 heteroatoms. The Morgan fingerprint density at radius 2 is 1.67 bits per heavy atom. The first-order valence-corrected chi connectivity index (χ1v) is 10.2. The maximum atomic E-state index is 12.6. The van der Waals surface area contributed by atoms with Crippen molar-refractivity contribution in [3.63, 3.8) is 0 Å². The predicted octanol–water partition coefficient (Wildman–Crippen LogP) is 3.02. The summed E-state index contributed by atoms with van der Waals surface area (Å²) in [5.41, 5.74) is 0.570. The molecule has 0 saturated heterocycles. The average Bonchev–Trinajstić information content (AvgIpc) is 2.74. The largest absolute Gasteiger partial charge is 0.493 e. The summed E-state index contributed by atoms with van der Waals surface area (Å²) in [4.78, 5) is 23.6. The van der Waals surface area contributed by atoms with Gasteiger partial charge >= 0.3 is 0 Å². The van der Waals surface area contributed by atoms with Crippen molar-refractivity contribution in [1.82, 2.24) is 15.3 Å². The summed E-state index contributed by atoms with van der Waals surface area (Å²) in [7, 11) is 7.08. The van der Waals surface area contributed by atoms with Crippen LogP contribution in [0.25, 0.3) is 0 Å². The fourth-order valence-corrected chi connectivity index (χ4v) is 3.69. The van der Waals surface area contributed by atoms with Crippen molar-refractivity contribution in [2.45, 2.75) is 44.7 Å². The van der Waals surface area contributed by atoms with Crippen LogP contribution in [0.2, 0.25) is 0 Å². The number of anilines is 2. The van der Waals surface area contributed by atoms with Crippen LogP contribution < -0.4 is 25.0 Å². The lowest BCUT2D eigenvalue weighted by Crippen LogP contribution is -2.40. The molecule has 1 aliphatic carbocycles. The lowest BCUT2D eigenvalue weighted by atomic mass is 9.91. The zero-order valence-electron chi connectivity index (χ0n) is 18.4. The van der Waals surface area contributed by atoms with Gasteiger partial charge in [0.25, 0.3) is 5.91 Å². The summed E-state index contributed by atoms with van der Waals surface area (Å²) in [6, 6.07) is 7.68. The SMILES string of the molecule is COc1ccc(C(=O)NC2CCC(Nc3cc(N(C)C)nc(C)n3)CC2)cc1OC. The molecule has 1 aromatic heterocycles. The van der Waals surface area contributed by atoms with Gasteiger partial charge in [-0.25, -0.2) is 9.97 Å². The van der Waals surface area contributed by atoms with E-state index in [1.54, 1.807) is 32.4 Å². The van der Waals surface area contributed by atoms with Gasteiger partial charge in [-0.2, -0.15) is 0 Å². The molecule has 1 heterocycles. The van der Waals surface area contributed by atoms with Crippen LogP contribution in [0, 0.1) is 6.92 Å². The standard InChI is InChI=1S/C22H31N5O3/c1-14-23-20(13-21(24-14)27(2)3)25-16-7-9-17(10-8-16)26-22(28)15-6-11-18(29-4)19(12-15)30-5/h6,11-13,16-17H,7-10H2,1-5H3,(H,26,28)(H,23,24,25). The van der Waals surface area contributed by atoms with Gasteiger partial charge in [-0.3, -0.25) is 4.79 Å². The molecule has 0 unspecified atom stereocenters. The first-order chi connectivity index (χ1) is 14.4. The minimum absolute atomic E-state index is 0.0885. The number of hydrogen-bond acceptors (Lipinski definition) is 7. The van der Waals surface area contributed by atoms with E-state index in [0.717, 1.165) is 43.1 Å². The van der Waals surface area contributed by atoms with Crippen molar-refractivity contribution in [3.05, 3.63) is 35.7 Å². The van der Waals surface area contributed by atoms with Crippen LogP contribution in [0.4, 0.5) is 11.6 Å². The number of benzene rings is 1. The number of ether oxygens (including phenoxy) is 2. The van der Waals surface area contributed by atoms with Gasteiger partial charge in [0.05, 0.1) is 14.2 Å². The number of rotatable bonds is 7. The number of amides is 1. The van der Waals surface area contributed by atoms with Crippen LogP contribution in [-0.4, -0.2) is 56.3 Å². The molecule has 1 fully saturated rings. The first-order valence-electron chi connectivity index (χ1n) is 10.2. The van der Waals surface area contributed by atoms with E-state index in [1.165, 1.54) is 0 Å². The highest BCUT2D eigenvalue weighted by molar-refractivity contribution is 5.95. The number of methoxy groups -OCH3 is 2. The quantitative estimate of drug-likeness (QED) is 0.721. The van der Waals surface area contributed by atoms with E-state index < -0.39 is 0 Å². The van der Waals surface area contributed by atoms with Gasteiger partial charge < -0.3 is 25.0 Å². The summed E-state index contributed by atoms with van der Waals surface area (Å²) < 4.78 is 10.5. The van der Waals surface area contributed by atoms with E-state index in [4.69, 9.17) is 9.47 Å². The molecule has 30 heavy (non-hydrogen) atoms. The number of aryl methyl sites for hydroxylation is 1. The molecule has 0 atom stereocenters. The summed E-state index contributed by atoms with van der Waals surface area (Å²) in [6.07, 6.45) is 3.77. The van der Waals surface area contributed by atoms with Crippen LogP contribution in [0.15, 0.2) is 24.3 Å². The molecule has 0 radical (unpaired) electrons. The Labute approximate surface area is 178 Å². The zero-order valence-corrected chi connectivity index (χ0v) is 18.4. The van der Waals surface area contributed by atoms with E-state index in [-0.39, 0.29) is 11.9 Å². The molecule has 0 spiro atoms. The van der Waals surface area contributed by atoms with Crippen molar-refractivity contribution in [2.24, 2.45) is 0 Å². The number of aromatic nitrogens is 2. The Morgan fingerprint density at radius 3 is 2.30 bits per heavy atom. The normalized spacial score (nSPS) is 18.4. The third-order valence-corrected chi connectivity index (χ3v) is 5.34. The van der Waals surface area contributed by atoms with Gasteiger partial charge in [0.1, 0.15) is 17.5 Å². The van der Waals surface area contributed by atoms with E-state index in [9.17, 15) is 4.79 Å². The van der Waals surface area contributed by atoms with Crippen LogP contribution in [0.3, 0.4) is 0 Å². The minimum atomic E-state index is -0.0885. The second-order valence-electron chi connectivity index (χ2n) is 7.79. The molecule has 2 N–H and O–H groups in total. The maximum absolute atomic E-state index is 12.6. The highest BCUT2D eigenvalue weighted by atomic mass is 16.5. The monoisotopic (exact) mass is 413 g/mol. The number of nitrogens with one attached hydrogen (secondary N) is 2. The Morgan fingerprint density at radius 1 is 1.00 bits per heavy atom. The molecule has 8 nitrogen and oxygen atoms in total. The summed E-state index contributed by atoms with van der Waals surface area (Å²) in [6.45, 7) is 1.90. The Hall–Kier alpha value is -3.03. The molecule has 162 valence electrons. The van der Waals surface area contributed by atoms with E-state index >= 15 is 0 Å². The fourth-order valence-electron chi connectivity index (χ4n) is 3.69. The highest BCUT2D eigenvalue weighted by Crippen LogP contribution is 2.28. The lowest BCUT2D eigenvalue weighted by molar-refractivity contribution is 0.0926. The third kappa shape index (κ3) is 5.31. The predicted molar refractivity (Wildman–Crippen MR) is 118 cm³/mol. The highest BCUT2D eigenvalue weighted by Gasteiger charge is 2.23. The molecule has 1 saturated carbocycles. The average molecular weight is 414 g/mol. The van der Waals surface area contributed by atoms with Crippen molar-refractivity contribution in [1.29, 1.82) is 0 Å². The molecule has 0 aliphatic heterocycles. The van der Waals surface area contributed by atoms with E-state index in [2.05, 4.69) is 20.6 Å². The molecule has 1 aromatic carbocycles. The smallest absolute Gasteiger partial charge is 0.251 e. The Bertz CT molecular complexity index is 879. The van der Waals surface area contributed by atoms with Crippen molar-refractivity contribution < 1.29 is 14.3 Å². The second kappa shape index (κ2) is 9.65. The van der Waals surface area contributed by atoms with Crippen molar-refractivity contribution in [3.8, 4) is 11.5 Å². The Balaban J connectivity index is 1.54. The molecule has 1 aliphatic rings. The number of carbonyl (C=O) groups excluding carboxylic acids is 1. The van der Waals surface area contributed by atoms with Crippen LogP contribution in [-0.2, 0) is 0 Å². The summed E-state index contributed by atoms with van der Waals surface area (Å²) in [5.74, 6) is 3.56. The van der Waals surface area contributed by atoms with Gasteiger partial charge in [-0.1, -0.05) is 0 Å². The van der Waals surface area contributed by atoms with Crippen molar-refractivity contribution >= 4 is 17.5 Å². The number of hydrogen-bond donors (Lipinski definition) is 2. The minimum Gasteiger partial charge on any atom is -0.493 e. The van der Waals surface area contributed by atoms with Crippen molar-refractivity contribution in [2.75, 3.05) is 38.5 Å². The van der Waals surface area contributed by atoms with Gasteiger partial charge in [0.2, 0.25) is 0 Å². The van der Waals surface area contributed by atoms with Gasteiger partial charge in [0.15, 0.2) is 11.5 Å². The van der Waals surface area contributed by atoms with Gasteiger partial charge in [0, 0.05) is 37.8 Å². The van der Waals surface area contributed by atoms with Crippen LogP contribution >= 0.6 is 0 Å². The first kappa shape index (κ1) is 21.7. The van der Waals surface area contributed by atoms with Gasteiger partial charge in [-0.05, 0) is 50.8 Å². The maximum Gasteiger partial charge on any atom is 0.251 e. The molecule has 3 rings (SSSR count). The van der Waals surface area contributed by atoms with Gasteiger partial charge in [-0.15, -0.1) is 0 Å². The fraction of sp³-hybridized carbons (Fsp3) is 0.500.